The van der Waals surface area contributed by atoms with Crippen LogP contribution in [0.1, 0.15) is 44.1 Å². The first-order valence-electron chi connectivity index (χ1n) is 17.0. The van der Waals surface area contributed by atoms with Gasteiger partial charge in [0.2, 0.25) is 5.88 Å². The van der Waals surface area contributed by atoms with Crippen LogP contribution in [0.5, 0.6) is 17.6 Å². The van der Waals surface area contributed by atoms with Crippen molar-refractivity contribution in [2.24, 2.45) is 17.3 Å². The van der Waals surface area contributed by atoms with E-state index in [1.54, 1.807) is 0 Å². The smallest absolute Gasteiger partial charge is 0.319 e. The third-order valence-corrected chi connectivity index (χ3v) is 11.5. The zero-order chi connectivity index (χ0) is 32.7. The Hall–Kier alpha value is -4.27. The van der Waals surface area contributed by atoms with Crippen LogP contribution < -0.4 is 19.7 Å². The van der Waals surface area contributed by atoms with E-state index in [-0.39, 0.29) is 50.8 Å². The number of phenols is 1. The number of anilines is 1. The van der Waals surface area contributed by atoms with Gasteiger partial charge in [-0.1, -0.05) is 12.0 Å². The van der Waals surface area contributed by atoms with Crippen molar-refractivity contribution in [1.29, 1.82) is 0 Å². The molecular weight excluding hydrogens is 614 g/mol. The first kappa shape index (κ1) is 29.8. The van der Waals surface area contributed by atoms with E-state index in [0.29, 0.717) is 48.4 Å². The summed E-state index contributed by atoms with van der Waals surface area (Å²) in [5.74, 6) is 3.19. The SMILES string of the molecule is C#Cc1c(F)ccc2cc(O)cc(-c3nc(OC)c4c(N5CC6CCC(C5)N6)nc(OCC5(CN6CC7CCC7C6)CC5)nc4c3F)c12. The topological polar surface area (TPSA) is 95.9 Å². The van der Waals surface area contributed by atoms with E-state index in [1.807, 2.05) is 0 Å². The molecule has 48 heavy (non-hydrogen) atoms. The zero-order valence-electron chi connectivity index (χ0n) is 26.9. The van der Waals surface area contributed by atoms with Crippen molar-refractivity contribution in [3.8, 4) is 41.2 Å². The Labute approximate surface area is 277 Å². The summed E-state index contributed by atoms with van der Waals surface area (Å²) in [4.78, 5) is 19.0. The standard InChI is InChI=1S/C37H38F2N6O3/c1-3-26-28(38)9-6-20-12-25(46)13-27(29(20)26)32-31(39)33-30(35(41-32)47-2)34(45-16-23-7-8-24(17-45)40-23)43-36(42-33)48-19-37(10-11-37)18-44-14-21-4-5-22(21)15-44/h1,6,9,12-13,21-24,40,46H,4-5,7-8,10-11,14-19H2,2H3. The maximum absolute atomic E-state index is 17.1. The van der Waals surface area contributed by atoms with Crippen LogP contribution in [0.25, 0.3) is 32.9 Å². The molecule has 3 aliphatic heterocycles. The van der Waals surface area contributed by atoms with Gasteiger partial charge in [-0.3, -0.25) is 0 Å². The second-order valence-electron chi connectivity index (χ2n) is 14.6. The number of ether oxygens (including phenoxy) is 2. The minimum atomic E-state index is -0.759. The number of pyridine rings is 1. The molecule has 5 heterocycles. The van der Waals surface area contributed by atoms with Gasteiger partial charge in [0, 0.05) is 61.2 Å². The highest BCUT2D eigenvalue weighted by Gasteiger charge is 2.48. The number of rotatable bonds is 8. The highest BCUT2D eigenvalue weighted by atomic mass is 19.1. The molecule has 2 bridgehead atoms. The fourth-order valence-electron chi connectivity index (χ4n) is 8.65. The molecule has 2 aromatic heterocycles. The summed E-state index contributed by atoms with van der Waals surface area (Å²) in [6, 6.07) is 6.22. The van der Waals surface area contributed by atoms with Crippen molar-refractivity contribution < 1.29 is 23.4 Å². The second kappa shape index (κ2) is 11.1. The quantitative estimate of drug-likeness (QED) is 0.247. The van der Waals surface area contributed by atoms with Gasteiger partial charge in [0.15, 0.2) is 5.82 Å². The van der Waals surface area contributed by atoms with E-state index in [1.165, 1.54) is 57.3 Å². The van der Waals surface area contributed by atoms with E-state index in [0.717, 1.165) is 44.1 Å². The molecule has 2 saturated carbocycles. The van der Waals surface area contributed by atoms with Crippen molar-refractivity contribution in [1.82, 2.24) is 25.2 Å². The Morgan fingerprint density at radius 3 is 2.42 bits per heavy atom. The van der Waals surface area contributed by atoms with Gasteiger partial charge in [0.25, 0.3) is 0 Å². The van der Waals surface area contributed by atoms with Crippen LogP contribution in [0.15, 0.2) is 24.3 Å². The molecule has 11 heteroatoms. The van der Waals surface area contributed by atoms with E-state index in [4.69, 9.17) is 20.9 Å². The summed E-state index contributed by atoms with van der Waals surface area (Å²) in [7, 11) is 1.47. The number of hydrogen-bond donors (Lipinski definition) is 2. The summed E-state index contributed by atoms with van der Waals surface area (Å²) in [6.07, 6.45) is 12.7. The largest absolute Gasteiger partial charge is 0.508 e. The molecule has 9 rings (SSSR count). The molecule has 4 atom stereocenters. The second-order valence-corrected chi connectivity index (χ2v) is 14.6. The predicted molar refractivity (Wildman–Crippen MR) is 178 cm³/mol. The van der Waals surface area contributed by atoms with Crippen molar-refractivity contribution in [2.45, 2.75) is 50.6 Å². The van der Waals surface area contributed by atoms with Crippen molar-refractivity contribution in [2.75, 3.05) is 51.3 Å². The van der Waals surface area contributed by atoms with Gasteiger partial charge in [-0.15, -0.1) is 6.42 Å². The molecule has 248 valence electrons. The monoisotopic (exact) mass is 652 g/mol. The molecule has 9 nitrogen and oxygen atoms in total. The van der Waals surface area contributed by atoms with Crippen molar-refractivity contribution in [3.63, 3.8) is 0 Å². The third-order valence-electron chi connectivity index (χ3n) is 11.5. The van der Waals surface area contributed by atoms with E-state index < -0.39 is 11.6 Å². The summed E-state index contributed by atoms with van der Waals surface area (Å²) >= 11 is 0. The highest BCUT2D eigenvalue weighted by Crippen LogP contribution is 2.50. The number of nitrogens with one attached hydrogen (secondary N) is 1. The first-order chi connectivity index (χ1) is 23.3. The molecule has 0 radical (unpaired) electrons. The lowest BCUT2D eigenvalue weighted by molar-refractivity contribution is 0.168. The molecule has 3 saturated heterocycles. The Morgan fingerprint density at radius 1 is 1.00 bits per heavy atom. The molecule has 0 spiro atoms. The highest BCUT2D eigenvalue weighted by molar-refractivity contribution is 6.04. The Balaban J connectivity index is 1.16. The number of phenolic OH excluding ortho intramolecular Hbond substituents is 1. The molecule has 2 N–H and O–H groups in total. The molecule has 0 amide bonds. The number of nitrogens with zero attached hydrogens (tertiary/aromatic N) is 5. The molecule has 2 aliphatic carbocycles. The van der Waals surface area contributed by atoms with Gasteiger partial charge in [-0.05, 0) is 73.9 Å². The van der Waals surface area contributed by atoms with Crippen LogP contribution >= 0.6 is 0 Å². The number of hydrogen-bond acceptors (Lipinski definition) is 9. The van der Waals surface area contributed by atoms with Crippen LogP contribution in [0.2, 0.25) is 0 Å². The summed E-state index contributed by atoms with van der Waals surface area (Å²) in [5.41, 5.74) is -0.0483. The van der Waals surface area contributed by atoms with Gasteiger partial charge in [0.05, 0.1) is 19.3 Å². The van der Waals surface area contributed by atoms with Crippen LogP contribution in [0.3, 0.4) is 0 Å². The summed E-state index contributed by atoms with van der Waals surface area (Å²) in [6.45, 7) is 5.18. The number of fused-ring (bicyclic) bond motifs is 5. The fourth-order valence-corrected chi connectivity index (χ4v) is 8.65. The number of halogens is 2. The number of piperazine rings is 1. The first-order valence-corrected chi connectivity index (χ1v) is 17.0. The van der Waals surface area contributed by atoms with Crippen LogP contribution in [-0.2, 0) is 0 Å². The number of terminal acetylenes is 1. The van der Waals surface area contributed by atoms with Crippen molar-refractivity contribution >= 4 is 27.5 Å². The Morgan fingerprint density at radius 2 is 1.75 bits per heavy atom. The van der Waals surface area contributed by atoms with Gasteiger partial charge >= 0.3 is 6.01 Å². The number of benzene rings is 2. The maximum Gasteiger partial charge on any atom is 0.319 e. The maximum atomic E-state index is 17.1. The normalized spacial score (nSPS) is 25.6. The number of aromatic hydroxyl groups is 1. The van der Waals surface area contributed by atoms with Gasteiger partial charge in [0.1, 0.15) is 34.0 Å². The lowest BCUT2D eigenvalue weighted by atomic mass is 9.77. The molecular formula is C37H38F2N6O3. The van der Waals surface area contributed by atoms with Crippen LogP contribution in [0, 0.1) is 41.2 Å². The molecule has 2 aromatic carbocycles. The van der Waals surface area contributed by atoms with Gasteiger partial charge in [-0.25, -0.2) is 13.8 Å². The lowest BCUT2D eigenvalue weighted by Gasteiger charge is -2.34. The molecule has 5 aliphatic rings. The van der Waals surface area contributed by atoms with E-state index in [2.05, 4.69) is 31.0 Å². The minimum absolute atomic E-state index is 0.0150. The number of aromatic nitrogens is 3. The third kappa shape index (κ3) is 4.91. The van der Waals surface area contributed by atoms with E-state index >= 15 is 4.39 Å². The number of methoxy groups -OCH3 is 1. The van der Waals surface area contributed by atoms with Gasteiger partial charge in [-0.2, -0.15) is 9.97 Å². The molecule has 5 fully saturated rings. The average Bonchev–Trinajstić information content (AvgIpc) is 3.69. The van der Waals surface area contributed by atoms with Crippen molar-refractivity contribution in [3.05, 3.63) is 41.5 Å². The average molecular weight is 653 g/mol. The Kier molecular flexibility index (Phi) is 6.92. The van der Waals surface area contributed by atoms with Crippen LogP contribution in [0.4, 0.5) is 14.6 Å². The summed E-state index contributed by atoms with van der Waals surface area (Å²) < 4.78 is 44.2. The predicted octanol–water partition coefficient (Wildman–Crippen LogP) is 5.26. The fraction of sp³-hybridized carbons (Fsp3) is 0.486. The van der Waals surface area contributed by atoms with Crippen LogP contribution in [-0.4, -0.2) is 83.5 Å². The molecule has 4 unspecified atom stereocenters. The van der Waals surface area contributed by atoms with E-state index in [9.17, 15) is 9.50 Å². The minimum Gasteiger partial charge on any atom is -0.508 e. The number of likely N-dealkylation sites (tertiary alicyclic amines) is 1. The molecule has 4 aromatic rings. The zero-order valence-corrected chi connectivity index (χ0v) is 26.9. The Bertz CT molecular complexity index is 1990. The van der Waals surface area contributed by atoms with Gasteiger partial charge < -0.3 is 29.7 Å². The summed E-state index contributed by atoms with van der Waals surface area (Å²) in [5, 5.41) is 15.3. The lowest BCUT2D eigenvalue weighted by Crippen LogP contribution is -2.51.